The molecule has 1 rings (SSSR count). The van der Waals surface area contributed by atoms with Gasteiger partial charge in [-0.15, -0.1) is 0 Å². The first-order valence-corrected chi connectivity index (χ1v) is 5.57. The van der Waals surface area contributed by atoms with Crippen molar-refractivity contribution in [2.24, 2.45) is 5.92 Å². The molecule has 1 unspecified atom stereocenters. The van der Waals surface area contributed by atoms with E-state index in [-0.39, 0.29) is 46.5 Å². The molecule has 16 heavy (non-hydrogen) atoms. The third-order valence-corrected chi connectivity index (χ3v) is 2.80. The van der Waals surface area contributed by atoms with Crippen LogP contribution in [0.25, 0.3) is 0 Å². The molecular formula is C13H21Cl2Ti. The minimum Gasteiger partial charge on any atom is -1.00 e. The van der Waals surface area contributed by atoms with Crippen LogP contribution in [0.4, 0.5) is 0 Å². The molecule has 0 aliphatic rings. The van der Waals surface area contributed by atoms with Crippen LogP contribution in [0.1, 0.15) is 45.1 Å². The molecule has 3 heteroatoms. The predicted molar refractivity (Wildman–Crippen MR) is 59.0 cm³/mol. The van der Waals surface area contributed by atoms with Crippen LogP contribution in [-0.2, 0) is 28.1 Å². The van der Waals surface area contributed by atoms with Crippen LogP contribution in [-0.4, -0.2) is 0 Å². The van der Waals surface area contributed by atoms with Crippen molar-refractivity contribution in [2.75, 3.05) is 0 Å². The molecule has 1 atom stereocenters. The molecule has 0 nitrogen and oxygen atoms in total. The van der Waals surface area contributed by atoms with Crippen LogP contribution in [0.3, 0.4) is 0 Å². The Morgan fingerprint density at radius 3 is 2.06 bits per heavy atom. The molecule has 0 bridgehead atoms. The first-order chi connectivity index (χ1) is 6.36. The fourth-order valence-corrected chi connectivity index (χ4v) is 1.83. The van der Waals surface area contributed by atoms with Gasteiger partial charge < -0.3 is 24.8 Å². The molecule has 0 spiro atoms. The minimum atomic E-state index is 0. The van der Waals surface area contributed by atoms with Crippen molar-refractivity contribution in [2.45, 2.75) is 46.0 Å². The third kappa shape index (κ3) is 8.76. The smallest absolute Gasteiger partial charge is 1.00 e. The summed E-state index contributed by atoms with van der Waals surface area (Å²) in [7, 11) is 0. The van der Waals surface area contributed by atoms with Crippen molar-refractivity contribution >= 4 is 0 Å². The summed E-state index contributed by atoms with van der Waals surface area (Å²) in [5.41, 5.74) is 1.52. The second-order valence-corrected chi connectivity index (χ2v) is 3.91. The maximum atomic E-state index is 2.31. The molecule has 1 radical (unpaired) electrons. The van der Waals surface area contributed by atoms with Gasteiger partial charge in [0.05, 0.1) is 0 Å². The van der Waals surface area contributed by atoms with Gasteiger partial charge in [-0.25, -0.2) is 12.1 Å². The Bertz CT molecular complexity index is 210. The van der Waals surface area contributed by atoms with Crippen LogP contribution in [0.5, 0.6) is 0 Å². The van der Waals surface area contributed by atoms with E-state index in [1.165, 1.54) is 37.7 Å². The summed E-state index contributed by atoms with van der Waals surface area (Å²) in [6.45, 7) is 4.58. The molecule has 0 saturated carbocycles. The number of rotatable bonds is 6. The summed E-state index contributed by atoms with van der Waals surface area (Å²) in [5.74, 6) is 0.905. The van der Waals surface area contributed by atoms with Gasteiger partial charge in [0.15, 0.2) is 0 Å². The maximum absolute atomic E-state index is 2.31. The largest absolute Gasteiger partial charge is 3.00 e. The zero-order valence-corrected chi connectivity index (χ0v) is 13.3. The second kappa shape index (κ2) is 13.7. The number of unbranched alkanes of at least 4 members (excludes halogenated alkanes) is 1. The fraction of sp³-hybridized carbons (Fsp3) is 0.615. The molecule has 0 aromatic heterocycles. The molecule has 0 heterocycles. The molecule has 0 amide bonds. The number of hydrogen-bond acceptors (Lipinski definition) is 0. The summed E-state index contributed by atoms with van der Waals surface area (Å²) < 4.78 is 0. The van der Waals surface area contributed by atoms with Crippen LogP contribution >= 0.6 is 0 Å². The van der Waals surface area contributed by atoms with Crippen molar-refractivity contribution in [3.8, 4) is 0 Å². The van der Waals surface area contributed by atoms with Crippen molar-refractivity contribution in [3.05, 3.63) is 29.8 Å². The molecule has 91 valence electrons. The van der Waals surface area contributed by atoms with E-state index in [4.69, 9.17) is 0 Å². The monoisotopic (exact) mass is 295 g/mol. The van der Waals surface area contributed by atoms with E-state index in [2.05, 4.69) is 38.1 Å². The summed E-state index contributed by atoms with van der Waals surface area (Å²) in [5, 5.41) is 0. The molecule has 0 saturated heterocycles. The molecule has 1 aromatic rings. The molecule has 0 aliphatic carbocycles. The van der Waals surface area contributed by atoms with E-state index in [9.17, 15) is 0 Å². The average Bonchev–Trinajstić information content (AvgIpc) is 2.64. The second-order valence-electron chi connectivity index (χ2n) is 3.91. The Balaban J connectivity index is -0.000000563. The number of hydrogen-bond donors (Lipinski definition) is 0. The third-order valence-electron chi connectivity index (χ3n) is 2.80. The van der Waals surface area contributed by atoms with Gasteiger partial charge in [0.2, 0.25) is 0 Å². The van der Waals surface area contributed by atoms with Gasteiger partial charge in [-0.3, -0.25) is 0 Å². The minimum absolute atomic E-state index is 0. The molecular weight excluding hydrogens is 275 g/mol. The Morgan fingerprint density at radius 2 is 1.62 bits per heavy atom. The first-order valence-electron chi connectivity index (χ1n) is 5.57. The van der Waals surface area contributed by atoms with Crippen molar-refractivity contribution in [1.29, 1.82) is 0 Å². The zero-order valence-electron chi connectivity index (χ0n) is 10.2. The Kier molecular flexibility index (Phi) is 18.7. The van der Waals surface area contributed by atoms with E-state index >= 15 is 0 Å². The van der Waals surface area contributed by atoms with Gasteiger partial charge in [-0.2, -0.15) is 17.7 Å². The first kappa shape index (κ1) is 21.9. The van der Waals surface area contributed by atoms with Gasteiger partial charge >= 0.3 is 21.7 Å². The summed E-state index contributed by atoms with van der Waals surface area (Å²) >= 11 is 0. The van der Waals surface area contributed by atoms with Gasteiger partial charge in [0, 0.05) is 0 Å². The van der Waals surface area contributed by atoms with Crippen molar-refractivity contribution < 1.29 is 46.5 Å². The zero-order chi connectivity index (χ0) is 9.52. The van der Waals surface area contributed by atoms with Crippen LogP contribution in [0.15, 0.2) is 24.3 Å². The predicted octanol–water partition coefficient (Wildman–Crippen LogP) is -1.83. The number of halogens is 2. The summed E-state index contributed by atoms with van der Waals surface area (Å²) in [6.07, 6.45) is 6.73. The standard InChI is InChI=1S/C13H21.2ClH.Ti/c1-3-5-8-12(4-2)11-13-9-6-7-10-13;;;/h6-7,9-10,12H,3-5,8,11H2,1-2H3;2*1H;/q-1;;;+3/p-2. The quantitative estimate of drug-likeness (QED) is 0.428. The van der Waals surface area contributed by atoms with Crippen LogP contribution in [0.2, 0.25) is 0 Å². The normalized spacial score (nSPS) is 10.6. The Hall–Kier alpha value is 0.644. The topological polar surface area (TPSA) is 0 Å². The fourth-order valence-electron chi connectivity index (χ4n) is 1.83. The van der Waals surface area contributed by atoms with E-state index in [0.29, 0.717) is 0 Å². The van der Waals surface area contributed by atoms with Crippen molar-refractivity contribution in [3.63, 3.8) is 0 Å². The van der Waals surface area contributed by atoms with Gasteiger partial charge in [0.1, 0.15) is 0 Å². The Labute approximate surface area is 128 Å². The molecule has 1 aromatic carbocycles. The van der Waals surface area contributed by atoms with Gasteiger partial charge in [-0.1, -0.05) is 46.0 Å². The van der Waals surface area contributed by atoms with Crippen molar-refractivity contribution in [1.82, 2.24) is 0 Å². The summed E-state index contributed by atoms with van der Waals surface area (Å²) in [6, 6.07) is 8.77. The molecule has 0 N–H and O–H groups in total. The summed E-state index contributed by atoms with van der Waals surface area (Å²) in [4.78, 5) is 0. The van der Waals surface area contributed by atoms with E-state index < -0.39 is 0 Å². The maximum Gasteiger partial charge on any atom is 3.00 e. The van der Waals surface area contributed by atoms with Gasteiger partial charge in [-0.05, 0) is 5.92 Å². The molecule has 0 aliphatic heterocycles. The molecule has 0 fully saturated rings. The van der Waals surface area contributed by atoms with Crippen LogP contribution in [0, 0.1) is 5.92 Å². The Morgan fingerprint density at radius 1 is 1.06 bits per heavy atom. The van der Waals surface area contributed by atoms with Crippen LogP contribution < -0.4 is 24.8 Å². The van der Waals surface area contributed by atoms with E-state index in [1.807, 2.05) is 0 Å². The van der Waals surface area contributed by atoms with Gasteiger partial charge in [0.25, 0.3) is 0 Å². The van der Waals surface area contributed by atoms with E-state index in [1.54, 1.807) is 0 Å². The SMILES string of the molecule is CCCCC(CC)C[c-]1cccc1.[Cl-].[Cl-].[Ti+3]. The average molecular weight is 296 g/mol. The van der Waals surface area contributed by atoms with E-state index in [0.717, 1.165) is 5.92 Å².